The van der Waals surface area contributed by atoms with Gasteiger partial charge in [0.15, 0.2) is 5.13 Å². The fourth-order valence-corrected chi connectivity index (χ4v) is 6.78. The van der Waals surface area contributed by atoms with Crippen molar-refractivity contribution >= 4 is 22.4 Å². The summed E-state index contributed by atoms with van der Waals surface area (Å²) in [5.74, 6) is -0.421. The summed E-state index contributed by atoms with van der Waals surface area (Å²) in [6, 6.07) is 19.8. The van der Waals surface area contributed by atoms with E-state index in [1.54, 1.807) is 12.4 Å². The highest BCUT2D eigenvalue weighted by molar-refractivity contribution is 7.13. The number of hydrogen-bond donors (Lipinski definition) is 1. The molecule has 3 aliphatic carbocycles. The molecule has 0 aliphatic heterocycles. The van der Waals surface area contributed by atoms with E-state index in [0.29, 0.717) is 17.2 Å². The van der Waals surface area contributed by atoms with Gasteiger partial charge in [-0.05, 0) is 35.6 Å². The smallest absolute Gasteiger partial charge is 0.303 e. The number of anilines is 1. The monoisotopic (exact) mass is 509 g/mol. The number of aromatic nitrogens is 3. The standard InChI is InChI=1S/C28H23N5O3S/c1-27(24(35)31-25-30-17(14-37-25)13-33-22(34)11-12-32(2)26(33)36)15-28(16-29)20-9-5-3-7-18(20)23(27)19-8-4-6-10-21(19)28/h3-12,14,23H,13,15H2,1-2H3,(H,30,31,35). The minimum Gasteiger partial charge on any atom is -0.303 e. The van der Waals surface area contributed by atoms with Crippen LogP contribution in [-0.2, 0) is 23.8 Å². The van der Waals surface area contributed by atoms with E-state index in [1.165, 1.54) is 28.2 Å². The van der Waals surface area contributed by atoms with Gasteiger partial charge in [-0.2, -0.15) is 5.26 Å². The zero-order valence-electron chi connectivity index (χ0n) is 20.3. The van der Waals surface area contributed by atoms with Gasteiger partial charge in [0.2, 0.25) is 5.91 Å². The van der Waals surface area contributed by atoms with E-state index < -0.39 is 22.1 Å². The van der Waals surface area contributed by atoms with E-state index in [9.17, 15) is 19.6 Å². The van der Waals surface area contributed by atoms with Crippen LogP contribution in [0.3, 0.4) is 0 Å². The summed E-state index contributed by atoms with van der Waals surface area (Å²) < 4.78 is 2.43. The van der Waals surface area contributed by atoms with Gasteiger partial charge in [0.25, 0.3) is 5.56 Å². The van der Waals surface area contributed by atoms with E-state index in [1.807, 2.05) is 55.5 Å². The zero-order valence-corrected chi connectivity index (χ0v) is 21.1. The van der Waals surface area contributed by atoms with E-state index in [-0.39, 0.29) is 18.4 Å². The molecule has 8 nitrogen and oxygen atoms in total. The number of carbonyl (C=O) groups excluding carboxylic acids is 1. The second-order valence-electron chi connectivity index (χ2n) is 9.95. The lowest BCUT2D eigenvalue weighted by atomic mass is 9.47. The molecule has 184 valence electrons. The molecule has 7 rings (SSSR count). The normalized spacial score (nSPS) is 23.1. The highest BCUT2D eigenvalue weighted by Gasteiger charge is 2.61. The molecule has 1 unspecified atom stereocenters. The van der Waals surface area contributed by atoms with Gasteiger partial charge in [-0.25, -0.2) is 9.78 Å². The second kappa shape index (κ2) is 8.11. The molecule has 0 saturated heterocycles. The van der Waals surface area contributed by atoms with Crippen molar-refractivity contribution in [3.63, 3.8) is 0 Å². The van der Waals surface area contributed by atoms with Crippen LogP contribution in [0.2, 0.25) is 0 Å². The summed E-state index contributed by atoms with van der Waals surface area (Å²) in [5, 5.41) is 15.6. The Balaban J connectivity index is 1.35. The molecule has 37 heavy (non-hydrogen) atoms. The molecular formula is C28H23N5O3S. The molecule has 3 aliphatic rings. The lowest BCUT2D eigenvalue weighted by Gasteiger charge is -2.54. The van der Waals surface area contributed by atoms with Gasteiger partial charge in [-0.15, -0.1) is 11.3 Å². The lowest BCUT2D eigenvalue weighted by Crippen LogP contribution is -2.53. The highest BCUT2D eigenvalue weighted by atomic mass is 32.1. The summed E-state index contributed by atoms with van der Waals surface area (Å²) in [7, 11) is 1.58. The Kier molecular flexibility index (Phi) is 5.07. The molecule has 0 radical (unpaired) electrons. The van der Waals surface area contributed by atoms with E-state index in [4.69, 9.17) is 0 Å². The Labute approximate surface area is 216 Å². The third-order valence-corrected chi connectivity index (χ3v) is 8.58. The van der Waals surface area contributed by atoms with E-state index >= 15 is 0 Å². The van der Waals surface area contributed by atoms with Crippen LogP contribution in [0.1, 0.15) is 47.2 Å². The minimum absolute atomic E-state index is 0.0108. The molecule has 2 bridgehead atoms. The Morgan fingerprint density at radius 1 is 1.14 bits per heavy atom. The summed E-state index contributed by atoms with van der Waals surface area (Å²) in [6.07, 6.45) is 1.78. The van der Waals surface area contributed by atoms with Gasteiger partial charge in [0.05, 0.1) is 23.7 Å². The molecule has 1 amide bonds. The quantitative estimate of drug-likeness (QED) is 0.454. The van der Waals surface area contributed by atoms with Crippen LogP contribution >= 0.6 is 11.3 Å². The van der Waals surface area contributed by atoms with Crippen molar-refractivity contribution in [3.8, 4) is 6.07 Å². The van der Waals surface area contributed by atoms with Crippen molar-refractivity contribution in [1.82, 2.24) is 14.1 Å². The number of amides is 1. The Morgan fingerprint density at radius 2 is 1.78 bits per heavy atom. The molecular weight excluding hydrogens is 486 g/mol. The predicted octanol–water partition coefficient (Wildman–Crippen LogP) is 3.36. The lowest BCUT2D eigenvalue weighted by molar-refractivity contribution is -0.127. The van der Waals surface area contributed by atoms with Crippen molar-refractivity contribution < 1.29 is 4.79 Å². The largest absolute Gasteiger partial charge is 0.331 e. The molecule has 4 aromatic rings. The van der Waals surface area contributed by atoms with Crippen LogP contribution in [0, 0.1) is 16.7 Å². The minimum atomic E-state index is -0.920. The molecule has 0 spiro atoms. The maximum Gasteiger partial charge on any atom is 0.331 e. The van der Waals surface area contributed by atoms with Crippen LogP contribution in [0.5, 0.6) is 0 Å². The van der Waals surface area contributed by atoms with Crippen LogP contribution in [0.25, 0.3) is 0 Å². The predicted molar refractivity (Wildman–Crippen MR) is 140 cm³/mol. The van der Waals surface area contributed by atoms with Gasteiger partial charge < -0.3 is 9.88 Å². The van der Waals surface area contributed by atoms with Gasteiger partial charge in [-0.1, -0.05) is 48.5 Å². The fraction of sp³-hybridized carbons (Fsp3) is 0.250. The first kappa shape index (κ1) is 23.1. The summed E-state index contributed by atoms with van der Waals surface area (Å²) >= 11 is 1.24. The van der Waals surface area contributed by atoms with Crippen LogP contribution in [0.15, 0.2) is 75.8 Å². The molecule has 1 atom stereocenters. The summed E-state index contributed by atoms with van der Waals surface area (Å²) in [6.45, 7) is 1.93. The molecule has 0 saturated carbocycles. The number of hydrogen-bond acceptors (Lipinski definition) is 6. The van der Waals surface area contributed by atoms with Gasteiger partial charge in [0.1, 0.15) is 5.41 Å². The fourth-order valence-electron chi connectivity index (χ4n) is 6.09. The van der Waals surface area contributed by atoms with Crippen molar-refractivity contribution in [2.24, 2.45) is 12.5 Å². The maximum absolute atomic E-state index is 13.9. The van der Waals surface area contributed by atoms with Gasteiger partial charge in [0, 0.05) is 30.6 Å². The van der Waals surface area contributed by atoms with Crippen molar-refractivity contribution in [1.29, 1.82) is 5.26 Å². The van der Waals surface area contributed by atoms with Crippen molar-refractivity contribution in [2.45, 2.75) is 31.2 Å². The maximum atomic E-state index is 13.9. The Morgan fingerprint density at radius 3 is 2.43 bits per heavy atom. The molecule has 2 heterocycles. The number of nitrogens with zero attached hydrogens (tertiary/aromatic N) is 4. The molecule has 0 fully saturated rings. The molecule has 9 heteroatoms. The van der Waals surface area contributed by atoms with Crippen molar-refractivity contribution in [3.05, 3.63) is 115 Å². The van der Waals surface area contributed by atoms with Crippen LogP contribution in [0.4, 0.5) is 5.13 Å². The SMILES string of the molecule is Cn1ccc(=O)n(Cc2csc(NC(=O)C3(C)CC4(C#N)c5ccccc5C3c3ccccc34)n2)c1=O. The Hall–Kier alpha value is -4.29. The molecule has 2 aromatic heterocycles. The average molecular weight is 510 g/mol. The average Bonchev–Trinajstić information content (AvgIpc) is 3.35. The van der Waals surface area contributed by atoms with E-state index in [2.05, 4.69) is 16.4 Å². The summed E-state index contributed by atoms with van der Waals surface area (Å²) in [4.78, 5) is 43.0. The number of aryl methyl sites for hydroxylation is 1. The highest BCUT2D eigenvalue weighted by Crippen LogP contribution is 2.63. The number of thiazole rings is 1. The van der Waals surface area contributed by atoms with Crippen LogP contribution in [-0.4, -0.2) is 20.0 Å². The number of rotatable bonds is 4. The first-order valence-corrected chi connectivity index (χ1v) is 12.8. The number of fused-ring (bicyclic) bond motifs is 1. The Bertz CT molecular complexity index is 1700. The topological polar surface area (TPSA) is 110 Å². The van der Waals surface area contributed by atoms with Gasteiger partial charge >= 0.3 is 5.69 Å². The van der Waals surface area contributed by atoms with Crippen molar-refractivity contribution in [2.75, 3.05) is 5.32 Å². The number of nitrogens with one attached hydrogen (secondary N) is 1. The molecule has 2 aromatic carbocycles. The summed E-state index contributed by atoms with van der Waals surface area (Å²) in [5.41, 5.74) is 1.80. The third-order valence-electron chi connectivity index (χ3n) is 7.77. The zero-order chi connectivity index (χ0) is 25.9. The van der Waals surface area contributed by atoms with Gasteiger partial charge in [-0.3, -0.25) is 14.2 Å². The number of nitriles is 1. The van der Waals surface area contributed by atoms with E-state index in [0.717, 1.165) is 26.8 Å². The third kappa shape index (κ3) is 3.26. The second-order valence-corrected chi connectivity index (χ2v) is 10.8. The molecule has 1 N–H and O–H groups in total. The number of benzene rings is 2. The number of carbonyl (C=O) groups is 1. The van der Waals surface area contributed by atoms with Crippen LogP contribution < -0.4 is 16.6 Å². The first-order valence-electron chi connectivity index (χ1n) is 11.9. The first-order chi connectivity index (χ1) is 17.8.